The van der Waals surface area contributed by atoms with E-state index in [-0.39, 0.29) is 11.8 Å². The number of nitrogens with zero attached hydrogens (tertiary/aromatic N) is 4. The van der Waals surface area contributed by atoms with Crippen LogP contribution in [0.15, 0.2) is 6.33 Å². The molecule has 6 nitrogen and oxygen atoms in total. The van der Waals surface area contributed by atoms with Crippen molar-refractivity contribution in [2.24, 2.45) is 0 Å². The fourth-order valence-corrected chi connectivity index (χ4v) is 2.25. The van der Waals surface area contributed by atoms with Gasteiger partial charge in [0.15, 0.2) is 11.6 Å². The molecule has 0 atom stereocenters. The number of carbonyl (C=O) groups is 1. The van der Waals surface area contributed by atoms with Gasteiger partial charge in [0.25, 0.3) is 0 Å². The molecule has 0 radical (unpaired) electrons. The summed E-state index contributed by atoms with van der Waals surface area (Å²) in [5, 5.41) is 2.77. The monoisotopic (exact) mass is 281 g/mol. The van der Waals surface area contributed by atoms with Gasteiger partial charge in [-0.1, -0.05) is 6.92 Å². The summed E-state index contributed by atoms with van der Waals surface area (Å²) < 4.78 is 14.2. The second kappa shape index (κ2) is 6.49. The Morgan fingerprint density at radius 3 is 2.60 bits per heavy atom. The van der Waals surface area contributed by atoms with E-state index < -0.39 is 0 Å². The molecule has 0 saturated carbocycles. The molecule has 1 N–H and O–H groups in total. The molecule has 2 heterocycles. The average Bonchev–Trinajstić information content (AvgIpc) is 2.48. The van der Waals surface area contributed by atoms with Gasteiger partial charge in [0.1, 0.15) is 6.33 Å². The molecule has 0 aromatic carbocycles. The van der Waals surface area contributed by atoms with Crippen LogP contribution < -0.4 is 10.2 Å². The van der Waals surface area contributed by atoms with Gasteiger partial charge in [-0.25, -0.2) is 19.2 Å². The molecule has 0 bridgehead atoms. The predicted molar refractivity (Wildman–Crippen MR) is 74.2 cm³/mol. The van der Waals surface area contributed by atoms with Crippen molar-refractivity contribution in [3.05, 3.63) is 17.8 Å². The van der Waals surface area contributed by atoms with E-state index in [9.17, 15) is 9.18 Å². The Hall–Kier alpha value is -1.92. The molecule has 20 heavy (non-hydrogen) atoms. The molecule has 0 unspecified atom stereocenters. The number of hydrogen-bond acceptors (Lipinski definition) is 4. The van der Waals surface area contributed by atoms with Crippen molar-refractivity contribution in [1.82, 2.24) is 20.2 Å². The summed E-state index contributed by atoms with van der Waals surface area (Å²) in [6, 6.07) is -0.0652. The third-order valence-corrected chi connectivity index (χ3v) is 3.37. The van der Waals surface area contributed by atoms with Crippen molar-refractivity contribution in [2.45, 2.75) is 20.3 Å². The Morgan fingerprint density at radius 2 is 2.00 bits per heavy atom. The molecule has 1 aliphatic heterocycles. The molecule has 1 aromatic heterocycles. The molecule has 2 amide bonds. The third-order valence-electron chi connectivity index (χ3n) is 3.37. The highest BCUT2D eigenvalue weighted by atomic mass is 19.1. The lowest BCUT2D eigenvalue weighted by molar-refractivity contribution is 0.194. The van der Waals surface area contributed by atoms with Crippen LogP contribution in [0.3, 0.4) is 0 Å². The van der Waals surface area contributed by atoms with Gasteiger partial charge in [-0.2, -0.15) is 0 Å². The number of amides is 2. The molecule has 0 spiro atoms. The summed E-state index contributed by atoms with van der Waals surface area (Å²) in [7, 11) is 0. The first kappa shape index (κ1) is 14.5. The number of nitrogens with one attached hydrogen (secondary N) is 1. The summed E-state index contributed by atoms with van der Waals surface area (Å²) in [6.07, 6.45) is 1.94. The number of hydrogen-bond donors (Lipinski definition) is 1. The quantitative estimate of drug-likeness (QED) is 0.899. The van der Waals surface area contributed by atoms with Gasteiger partial charge < -0.3 is 15.1 Å². The van der Waals surface area contributed by atoms with E-state index in [1.54, 1.807) is 4.90 Å². The lowest BCUT2D eigenvalue weighted by Gasteiger charge is -2.35. The number of aromatic nitrogens is 2. The van der Waals surface area contributed by atoms with E-state index in [2.05, 4.69) is 15.3 Å². The van der Waals surface area contributed by atoms with E-state index in [1.165, 1.54) is 6.33 Å². The Balaban J connectivity index is 2.02. The smallest absolute Gasteiger partial charge is 0.317 e. The summed E-state index contributed by atoms with van der Waals surface area (Å²) in [6.45, 7) is 6.65. The molecule has 110 valence electrons. The second-order valence-corrected chi connectivity index (χ2v) is 4.62. The first-order chi connectivity index (χ1) is 9.67. The van der Waals surface area contributed by atoms with Crippen molar-refractivity contribution < 1.29 is 9.18 Å². The number of carbonyl (C=O) groups excluding carboxylic acids is 1. The summed E-state index contributed by atoms with van der Waals surface area (Å²) >= 11 is 0. The van der Waals surface area contributed by atoms with E-state index in [0.717, 1.165) is 0 Å². The fourth-order valence-electron chi connectivity index (χ4n) is 2.25. The number of halogens is 1. The van der Waals surface area contributed by atoms with Crippen LogP contribution in [0, 0.1) is 5.82 Å². The van der Waals surface area contributed by atoms with Crippen LogP contribution >= 0.6 is 0 Å². The maximum Gasteiger partial charge on any atom is 0.317 e. The van der Waals surface area contributed by atoms with Gasteiger partial charge >= 0.3 is 6.03 Å². The van der Waals surface area contributed by atoms with Crippen LogP contribution in [0.25, 0.3) is 0 Å². The topological polar surface area (TPSA) is 61.4 Å². The summed E-state index contributed by atoms with van der Waals surface area (Å²) in [5.74, 6) is -0.00569. The number of urea groups is 1. The lowest BCUT2D eigenvalue weighted by Crippen LogP contribution is -2.52. The van der Waals surface area contributed by atoms with Crippen LogP contribution in [0.1, 0.15) is 19.5 Å². The molecule has 7 heteroatoms. The first-order valence-electron chi connectivity index (χ1n) is 6.94. The zero-order chi connectivity index (χ0) is 14.5. The molecule has 1 aromatic rings. The summed E-state index contributed by atoms with van der Waals surface area (Å²) in [5.41, 5.74) is 0.432. The minimum atomic E-state index is -0.346. The van der Waals surface area contributed by atoms with Gasteiger partial charge in [0.05, 0.1) is 5.69 Å². The maximum absolute atomic E-state index is 14.2. The van der Waals surface area contributed by atoms with E-state index >= 15 is 0 Å². The highest BCUT2D eigenvalue weighted by Crippen LogP contribution is 2.19. The third kappa shape index (κ3) is 2.97. The summed E-state index contributed by atoms with van der Waals surface area (Å²) in [4.78, 5) is 23.3. The van der Waals surface area contributed by atoms with Gasteiger partial charge in [-0.05, 0) is 13.3 Å². The fraction of sp³-hybridized carbons (Fsp3) is 0.615. The highest BCUT2D eigenvalue weighted by molar-refractivity contribution is 5.74. The van der Waals surface area contributed by atoms with Gasteiger partial charge in [0, 0.05) is 32.7 Å². The number of rotatable bonds is 3. The van der Waals surface area contributed by atoms with E-state index in [4.69, 9.17) is 0 Å². The van der Waals surface area contributed by atoms with Crippen molar-refractivity contribution in [1.29, 1.82) is 0 Å². The highest BCUT2D eigenvalue weighted by Gasteiger charge is 2.24. The molecular weight excluding hydrogens is 261 g/mol. The minimum Gasteiger partial charge on any atom is -0.351 e. The van der Waals surface area contributed by atoms with Crippen LogP contribution in [0.2, 0.25) is 0 Å². The molecule has 1 fully saturated rings. The number of aryl methyl sites for hydroxylation is 1. The zero-order valence-corrected chi connectivity index (χ0v) is 11.9. The Morgan fingerprint density at radius 1 is 1.30 bits per heavy atom. The Bertz CT molecular complexity index is 474. The van der Waals surface area contributed by atoms with Crippen molar-refractivity contribution >= 4 is 11.8 Å². The van der Waals surface area contributed by atoms with E-state index in [1.807, 2.05) is 18.7 Å². The number of piperazine rings is 1. The zero-order valence-electron chi connectivity index (χ0n) is 11.9. The lowest BCUT2D eigenvalue weighted by atomic mass is 10.2. The molecule has 1 aliphatic rings. The van der Waals surface area contributed by atoms with Gasteiger partial charge in [-0.15, -0.1) is 0 Å². The standard InChI is InChI=1S/C13H20FN5O/c1-3-10-11(14)12(17-9-16-10)18-5-7-19(8-6-18)13(20)15-4-2/h9H,3-8H2,1-2H3,(H,15,20). The van der Waals surface area contributed by atoms with Crippen LogP contribution in [0.5, 0.6) is 0 Å². The molecule has 0 aliphatic carbocycles. The average molecular weight is 281 g/mol. The van der Waals surface area contributed by atoms with Crippen molar-refractivity contribution in [3.63, 3.8) is 0 Å². The van der Waals surface area contributed by atoms with Crippen LogP contribution in [-0.4, -0.2) is 53.6 Å². The maximum atomic E-state index is 14.2. The Labute approximate surface area is 118 Å². The minimum absolute atomic E-state index is 0.0652. The molecular formula is C13H20FN5O. The Kier molecular flexibility index (Phi) is 4.70. The molecule has 1 saturated heterocycles. The van der Waals surface area contributed by atoms with Crippen molar-refractivity contribution in [2.75, 3.05) is 37.6 Å². The second-order valence-electron chi connectivity index (χ2n) is 4.62. The van der Waals surface area contributed by atoms with Gasteiger partial charge in [-0.3, -0.25) is 0 Å². The van der Waals surface area contributed by atoms with Crippen molar-refractivity contribution in [3.8, 4) is 0 Å². The van der Waals surface area contributed by atoms with Crippen LogP contribution in [-0.2, 0) is 6.42 Å². The van der Waals surface area contributed by atoms with Crippen LogP contribution in [0.4, 0.5) is 15.0 Å². The molecule has 2 rings (SSSR count). The SMILES string of the molecule is CCNC(=O)N1CCN(c2ncnc(CC)c2F)CC1. The van der Waals surface area contributed by atoms with E-state index in [0.29, 0.717) is 50.7 Å². The van der Waals surface area contributed by atoms with Gasteiger partial charge in [0.2, 0.25) is 0 Å². The predicted octanol–water partition coefficient (Wildman–Crippen LogP) is 1.03. The first-order valence-corrected chi connectivity index (χ1v) is 6.94. The normalized spacial score (nSPS) is 15.3. The largest absolute Gasteiger partial charge is 0.351 e. The number of anilines is 1.